The number of ether oxygens (including phenoxy) is 1. The number of benzene rings is 1. The van der Waals surface area contributed by atoms with E-state index in [0.29, 0.717) is 6.54 Å². The standard InChI is InChI=1S/C15H18ClFN2O4/c1-3-6-18-13(20)8-19(2)14(21)9-23-15(22)11-7-10(16)4-5-12(11)17/h4-5,7H,3,6,8-9H2,1-2H3,(H,18,20). The highest BCUT2D eigenvalue weighted by atomic mass is 35.5. The predicted molar refractivity (Wildman–Crippen MR) is 82.6 cm³/mol. The Hall–Kier alpha value is -2.15. The minimum absolute atomic E-state index is 0.151. The van der Waals surface area contributed by atoms with E-state index in [0.717, 1.165) is 23.5 Å². The molecule has 126 valence electrons. The largest absolute Gasteiger partial charge is 0.452 e. The smallest absolute Gasteiger partial charge is 0.341 e. The lowest BCUT2D eigenvalue weighted by Gasteiger charge is -2.16. The number of likely N-dealkylation sites (N-methyl/N-ethyl adjacent to an activating group) is 1. The van der Waals surface area contributed by atoms with Crippen LogP contribution < -0.4 is 5.32 Å². The van der Waals surface area contributed by atoms with Crippen molar-refractivity contribution in [1.29, 1.82) is 0 Å². The fourth-order valence-electron chi connectivity index (χ4n) is 1.59. The average Bonchev–Trinajstić information content (AvgIpc) is 2.52. The molecule has 1 rings (SSSR count). The molecule has 6 nitrogen and oxygen atoms in total. The molecule has 0 aromatic heterocycles. The molecule has 0 saturated heterocycles. The topological polar surface area (TPSA) is 75.7 Å². The first-order valence-corrected chi connectivity index (χ1v) is 7.35. The first kappa shape index (κ1) is 18.9. The van der Waals surface area contributed by atoms with Crippen molar-refractivity contribution in [2.24, 2.45) is 0 Å². The quantitative estimate of drug-likeness (QED) is 0.763. The van der Waals surface area contributed by atoms with Gasteiger partial charge in [-0.05, 0) is 24.6 Å². The highest BCUT2D eigenvalue weighted by Crippen LogP contribution is 2.15. The van der Waals surface area contributed by atoms with Gasteiger partial charge in [0.05, 0.1) is 12.1 Å². The van der Waals surface area contributed by atoms with Crippen LogP contribution in [0.1, 0.15) is 23.7 Å². The SMILES string of the molecule is CCCNC(=O)CN(C)C(=O)COC(=O)c1cc(Cl)ccc1F. The van der Waals surface area contributed by atoms with Crippen molar-refractivity contribution >= 4 is 29.4 Å². The Morgan fingerprint density at radius 1 is 1.35 bits per heavy atom. The van der Waals surface area contributed by atoms with E-state index in [1.165, 1.54) is 13.1 Å². The van der Waals surface area contributed by atoms with E-state index >= 15 is 0 Å². The Morgan fingerprint density at radius 3 is 2.70 bits per heavy atom. The summed E-state index contributed by atoms with van der Waals surface area (Å²) in [7, 11) is 1.40. The number of esters is 1. The van der Waals surface area contributed by atoms with Crippen molar-refractivity contribution < 1.29 is 23.5 Å². The summed E-state index contributed by atoms with van der Waals surface area (Å²) in [4.78, 5) is 36.1. The third-order valence-electron chi connectivity index (χ3n) is 2.85. The molecule has 1 aromatic carbocycles. The molecular formula is C15H18ClFN2O4. The lowest BCUT2D eigenvalue weighted by Crippen LogP contribution is -2.40. The fraction of sp³-hybridized carbons (Fsp3) is 0.400. The molecule has 0 spiro atoms. The zero-order chi connectivity index (χ0) is 17.4. The molecule has 0 atom stereocenters. The fourth-order valence-corrected chi connectivity index (χ4v) is 1.77. The highest BCUT2D eigenvalue weighted by Gasteiger charge is 2.18. The summed E-state index contributed by atoms with van der Waals surface area (Å²) in [6.45, 7) is 1.68. The van der Waals surface area contributed by atoms with Crippen molar-refractivity contribution in [1.82, 2.24) is 10.2 Å². The second-order valence-electron chi connectivity index (χ2n) is 4.80. The second-order valence-corrected chi connectivity index (χ2v) is 5.24. The Kier molecular flexibility index (Phi) is 7.47. The third-order valence-corrected chi connectivity index (χ3v) is 3.09. The number of amides is 2. The summed E-state index contributed by atoms with van der Waals surface area (Å²) in [6, 6.07) is 3.44. The van der Waals surface area contributed by atoms with Crippen LogP contribution in [0.15, 0.2) is 18.2 Å². The van der Waals surface area contributed by atoms with Crippen LogP contribution in [0.25, 0.3) is 0 Å². The van der Waals surface area contributed by atoms with Gasteiger partial charge in [0.25, 0.3) is 5.91 Å². The zero-order valence-corrected chi connectivity index (χ0v) is 13.7. The van der Waals surface area contributed by atoms with Gasteiger partial charge >= 0.3 is 5.97 Å². The highest BCUT2D eigenvalue weighted by molar-refractivity contribution is 6.30. The van der Waals surface area contributed by atoms with Gasteiger partial charge in [-0.15, -0.1) is 0 Å². The van der Waals surface area contributed by atoms with Crippen molar-refractivity contribution in [3.05, 3.63) is 34.6 Å². The summed E-state index contributed by atoms with van der Waals surface area (Å²) in [6.07, 6.45) is 0.784. The van der Waals surface area contributed by atoms with E-state index in [9.17, 15) is 18.8 Å². The normalized spacial score (nSPS) is 10.1. The van der Waals surface area contributed by atoms with E-state index < -0.39 is 24.3 Å². The van der Waals surface area contributed by atoms with Gasteiger partial charge in [0.1, 0.15) is 5.82 Å². The monoisotopic (exact) mass is 344 g/mol. The molecule has 0 bridgehead atoms. The summed E-state index contributed by atoms with van der Waals surface area (Å²) in [5.74, 6) is -2.68. The maximum Gasteiger partial charge on any atom is 0.341 e. The molecule has 0 radical (unpaired) electrons. The van der Waals surface area contributed by atoms with E-state index in [-0.39, 0.29) is 23.0 Å². The molecule has 0 aliphatic carbocycles. The van der Waals surface area contributed by atoms with Crippen molar-refractivity contribution in [2.45, 2.75) is 13.3 Å². The Bertz CT molecular complexity index is 595. The number of nitrogens with zero attached hydrogens (tertiary/aromatic N) is 1. The molecule has 8 heteroatoms. The number of carbonyl (C=O) groups is 3. The van der Waals surface area contributed by atoms with Crippen LogP contribution in [0.2, 0.25) is 5.02 Å². The Labute approximate surface area is 138 Å². The summed E-state index contributed by atoms with van der Waals surface area (Å²) < 4.78 is 18.2. The molecule has 1 N–H and O–H groups in total. The lowest BCUT2D eigenvalue weighted by atomic mass is 10.2. The molecule has 2 amide bonds. The summed E-state index contributed by atoms with van der Waals surface area (Å²) in [5.41, 5.74) is -0.353. The zero-order valence-electron chi connectivity index (χ0n) is 12.9. The van der Waals surface area contributed by atoms with Crippen molar-refractivity contribution in [3.8, 4) is 0 Å². The van der Waals surface area contributed by atoms with Crippen LogP contribution in [0.5, 0.6) is 0 Å². The van der Waals surface area contributed by atoms with Gasteiger partial charge in [0.2, 0.25) is 5.91 Å². The molecule has 0 fully saturated rings. The number of nitrogens with one attached hydrogen (secondary N) is 1. The summed E-state index contributed by atoms with van der Waals surface area (Å²) in [5, 5.41) is 2.79. The van der Waals surface area contributed by atoms with Gasteiger partial charge in [-0.2, -0.15) is 0 Å². The maximum absolute atomic E-state index is 13.5. The van der Waals surface area contributed by atoms with Crippen LogP contribution in [-0.2, 0) is 14.3 Å². The molecule has 0 heterocycles. The van der Waals surface area contributed by atoms with Crippen LogP contribution >= 0.6 is 11.6 Å². The minimum Gasteiger partial charge on any atom is -0.452 e. The minimum atomic E-state index is -0.998. The first-order chi connectivity index (χ1) is 10.8. The van der Waals surface area contributed by atoms with E-state index in [1.807, 2.05) is 6.92 Å². The van der Waals surface area contributed by atoms with Crippen LogP contribution in [0.4, 0.5) is 4.39 Å². The van der Waals surface area contributed by atoms with Crippen molar-refractivity contribution in [2.75, 3.05) is 26.7 Å². The van der Waals surface area contributed by atoms with E-state index in [1.54, 1.807) is 0 Å². The van der Waals surface area contributed by atoms with Gasteiger partial charge in [-0.1, -0.05) is 18.5 Å². The van der Waals surface area contributed by atoms with Crippen LogP contribution in [0, 0.1) is 5.82 Å². The number of rotatable bonds is 7. The van der Waals surface area contributed by atoms with E-state index in [2.05, 4.69) is 5.32 Å². The third kappa shape index (κ3) is 6.23. The molecule has 1 aromatic rings. The first-order valence-electron chi connectivity index (χ1n) is 6.98. The second kappa shape index (κ2) is 9.09. The molecule has 23 heavy (non-hydrogen) atoms. The average molecular weight is 345 g/mol. The molecule has 0 saturated carbocycles. The molecule has 0 unspecified atom stereocenters. The number of hydrogen-bond donors (Lipinski definition) is 1. The summed E-state index contributed by atoms with van der Waals surface area (Å²) >= 11 is 5.68. The number of hydrogen-bond acceptors (Lipinski definition) is 4. The van der Waals surface area contributed by atoms with Gasteiger partial charge in [-0.25, -0.2) is 9.18 Å². The number of halogens is 2. The number of carbonyl (C=O) groups excluding carboxylic acids is 3. The maximum atomic E-state index is 13.5. The molecular weight excluding hydrogens is 327 g/mol. The van der Waals surface area contributed by atoms with E-state index in [4.69, 9.17) is 16.3 Å². The Morgan fingerprint density at radius 2 is 2.04 bits per heavy atom. The van der Waals surface area contributed by atoms with Gasteiger partial charge < -0.3 is 15.0 Å². The van der Waals surface area contributed by atoms with Gasteiger partial charge in [0, 0.05) is 18.6 Å². The Balaban J connectivity index is 2.50. The van der Waals surface area contributed by atoms with Gasteiger partial charge in [0.15, 0.2) is 6.61 Å². The van der Waals surface area contributed by atoms with Crippen molar-refractivity contribution in [3.63, 3.8) is 0 Å². The van der Waals surface area contributed by atoms with Gasteiger partial charge in [-0.3, -0.25) is 9.59 Å². The lowest BCUT2D eigenvalue weighted by molar-refractivity contribution is -0.137. The molecule has 0 aliphatic rings. The van der Waals surface area contributed by atoms with Crippen LogP contribution in [0.3, 0.4) is 0 Å². The van der Waals surface area contributed by atoms with Crippen LogP contribution in [-0.4, -0.2) is 49.4 Å². The molecule has 0 aliphatic heterocycles. The predicted octanol–water partition coefficient (Wildman–Crippen LogP) is 1.62.